The topological polar surface area (TPSA) is 89.9 Å². The van der Waals surface area contributed by atoms with Crippen molar-refractivity contribution in [2.45, 2.75) is 75.6 Å². The Morgan fingerprint density at radius 3 is 2.10 bits per heavy atom. The molecule has 0 radical (unpaired) electrons. The Morgan fingerprint density at radius 2 is 1.61 bits per heavy atom. The first kappa shape index (κ1) is 22.0. The lowest BCUT2D eigenvalue weighted by atomic mass is 9.48. The van der Waals surface area contributed by atoms with E-state index in [1.165, 1.54) is 25.7 Å². The van der Waals surface area contributed by atoms with E-state index in [9.17, 15) is 22.0 Å². The van der Waals surface area contributed by atoms with Gasteiger partial charge in [0.2, 0.25) is 0 Å². The zero-order valence-corrected chi connectivity index (χ0v) is 18.5. The highest BCUT2D eigenvalue weighted by molar-refractivity contribution is 7.86. The number of carbonyl (C=O) groups is 1. The van der Waals surface area contributed by atoms with E-state index in [2.05, 4.69) is 0 Å². The van der Waals surface area contributed by atoms with E-state index in [0.717, 1.165) is 38.5 Å². The maximum absolute atomic E-state index is 13.7. The molecule has 0 saturated heterocycles. The molecular formula is C22H32F2O6S. The predicted molar refractivity (Wildman–Crippen MR) is 107 cm³/mol. The number of esters is 1. The molecule has 0 aromatic rings. The quantitative estimate of drug-likeness (QED) is 0.432. The van der Waals surface area contributed by atoms with Crippen molar-refractivity contribution in [2.75, 3.05) is 13.2 Å². The van der Waals surface area contributed by atoms with E-state index >= 15 is 0 Å². The highest BCUT2D eigenvalue weighted by Crippen LogP contribution is 2.62. The molecule has 0 aromatic carbocycles. The van der Waals surface area contributed by atoms with Gasteiger partial charge in [0.15, 0.2) is 0 Å². The first-order valence-electron chi connectivity index (χ1n) is 11.7. The number of hydrogen-bond acceptors (Lipinski definition) is 5. The zero-order chi connectivity index (χ0) is 22.0. The van der Waals surface area contributed by atoms with E-state index in [1.807, 2.05) is 0 Å². The summed E-state index contributed by atoms with van der Waals surface area (Å²) in [5, 5.41) is -4.38. The van der Waals surface area contributed by atoms with E-state index in [0.29, 0.717) is 29.6 Å². The molecule has 6 saturated carbocycles. The molecule has 0 amide bonds. The van der Waals surface area contributed by atoms with Crippen LogP contribution in [0.5, 0.6) is 0 Å². The highest BCUT2D eigenvalue weighted by atomic mass is 32.2. The molecule has 0 aliphatic heterocycles. The summed E-state index contributed by atoms with van der Waals surface area (Å²) in [7, 11) is -5.55. The monoisotopic (exact) mass is 462 g/mol. The van der Waals surface area contributed by atoms with E-state index in [4.69, 9.17) is 14.0 Å². The van der Waals surface area contributed by atoms with Crippen LogP contribution in [0.4, 0.5) is 8.78 Å². The van der Waals surface area contributed by atoms with Crippen molar-refractivity contribution in [2.24, 2.45) is 40.9 Å². The molecule has 4 unspecified atom stereocenters. The van der Waals surface area contributed by atoms with Gasteiger partial charge in [-0.15, -0.1) is 0 Å². The Hall–Kier alpha value is -0.800. The summed E-state index contributed by atoms with van der Waals surface area (Å²) in [4.78, 5) is 13.1. The molecule has 4 atom stereocenters. The van der Waals surface area contributed by atoms with Gasteiger partial charge in [-0.3, -0.25) is 9.35 Å². The minimum absolute atomic E-state index is 0.116. The van der Waals surface area contributed by atoms with Crippen molar-refractivity contribution in [3.05, 3.63) is 0 Å². The second-order valence-corrected chi connectivity index (χ2v) is 12.7. The van der Waals surface area contributed by atoms with Crippen LogP contribution < -0.4 is 0 Å². The predicted octanol–water partition coefficient (Wildman–Crippen LogP) is 4.05. The van der Waals surface area contributed by atoms with Gasteiger partial charge in [0.05, 0.1) is 12.5 Å². The summed E-state index contributed by atoms with van der Waals surface area (Å²) >= 11 is 0. The van der Waals surface area contributed by atoms with Crippen molar-refractivity contribution < 1.29 is 36.0 Å². The van der Waals surface area contributed by atoms with Crippen LogP contribution in [0.2, 0.25) is 0 Å². The van der Waals surface area contributed by atoms with Crippen LogP contribution in [0.1, 0.15) is 64.2 Å². The lowest BCUT2D eigenvalue weighted by Crippen LogP contribution is -2.54. The average Bonchev–Trinajstić information content (AvgIpc) is 3.28. The summed E-state index contributed by atoms with van der Waals surface area (Å²) < 4.78 is 69.1. The number of ether oxygens (including phenoxy) is 2. The first-order chi connectivity index (χ1) is 14.5. The molecule has 176 valence electrons. The number of alkyl halides is 2. The fourth-order valence-electron chi connectivity index (χ4n) is 8.03. The van der Waals surface area contributed by atoms with Gasteiger partial charge in [-0.05, 0) is 87.4 Å². The maximum atomic E-state index is 13.7. The number of fused-ring (bicyclic) bond motifs is 2. The molecule has 0 spiro atoms. The third-order valence-electron chi connectivity index (χ3n) is 8.98. The fraction of sp³-hybridized carbons (Fsp3) is 0.955. The molecule has 6 aliphatic rings. The molecule has 0 heterocycles. The minimum Gasteiger partial charge on any atom is -0.459 e. The van der Waals surface area contributed by atoms with Crippen LogP contribution in [0.25, 0.3) is 0 Å². The zero-order valence-electron chi connectivity index (χ0n) is 17.7. The third kappa shape index (κ3) is 4.03. The van der Waals surface area contributed by atoms with Gasteiger partial charge >= 0.3 is 21.3 Å². The molecule has 6 fully saturated rings. The average molecular weight is 463 g/mol. The van der Waals surface area contributed by atoms with Crippen molar-refractivity contribution >= 4 is 16.1 Å². The fourth-order valence-corrected chi connectivity index (χ4v) is 8.26. The number of halogens is 2. The molecule has 9 heteroatoms. The second kappa shape index (κ2) is 7.62. The van der Waals surface area contributed by atoms with E-state index in [1.54, 1.807) is 0 Å². The standard InChI is InChI=1S/C22H32F2O6S/c23-22(24,31(26,27)28)12-29-11-19(30-20(25)18-7-13-1-2-17(18)6-13)21-8-14-3-15(9-21)5-16(4-14)10-21/h13-19H,1-12H2,(H,26,27,28). The number of rotatable bonds is 8. The normalized spacial score (nSPS) is 42.2. The summed E-state index contributed by atoms with van der Waals surface area (Å²) in [5.41, 5.74) is -0.268. The van der Waals surface area contributed by atoms with Gasteiger partial charge in [0.25, 0.3) is 0 Å². The van der Waals surface area contributed by atoms with E-state index in [-0.39, 0.29) is 23.9 Å². The second-order valence-electron chi connectivity index (χ2n) is 11.1. The summed E-state index contributed by atoms with van der Waals surface area (Å²) in [6.45, 7) is -1.70. The van der Waals surface area contributed by atoms with Gasteiger partial charge in [0, 0.05) is 5.41 Å². The van der Waals surface area contributed by atoms with Crippen LogP contribution in [0.3, 0.4) is 0 Å². The lowest BCUT2D eigenvalue weighted by molar-refractivity contribution is -0.190. The number of carbonyl (C=O) groups excluding carboxylic acids is 1. The van der Waals surface area contributed by atoms with Gasteiger partial charge in [0.1, 0.15) is 12.7 Å². The van der Waals surface area contributed by atoms with Crippen LogP contribution in [-0.4, -0.2) is 43.5 Å². The molecule has 1 N–H and O–H groups in total. The Labute approximate surface area is 182 Å². The summed E-state index contributed by atoms with van der Waals surface area (Å²) in [5.74, 6) is 2.33. The molecule has 6 nitrogen and oxygen atoms in total. The Balaban J connectivity index is 1.31. The molecule has 6 aliphatic carbocycles. The maximum Gasteiger partial charge on any atom is 0.392 e. The van der Waals surface area contributed by atoms with Crippen LogP contribution in [0.15, 0.2) is 0 Å². The van der Waals surface area contributed by atoms with Gasteiger partial charge in [-0.2, -0.15) is 17.2 Å². The number of hydrogen-bond donors (Lipinski definition) is 1. The van der Waals surface area contributed by atoms with Gasteiger partial charge in [-0.1, -0.05) is 6.42 Å². The van der Waals surface area contributed by atoms with E-state index < -0.39 is 28.1 Å². The molecular weight excluding hydrogens is 430 g/mol. The molecule has 31 heavy (non-hydrogen) atoms. The summed E-state index contributed by atoms with van der Waals surface area (Å²) in [6, 6.07) is 0. The van der Waals surface area contributed by atoms with Crippen molar-refractivity contribution in [3.8, 4) is 0 Å². The Kier molecular flexibility index (Phi) is 5.41. The van der Waals surface area contributed by atoms with Crippen molar-refractivity contribution in [1.29, 1.82) is 0 Å². The summed E-state index contributed by atoms with van der Waals surface area (Å²) in [6.07, 6.45) is 9.77. The Morgan fingerprint density at radius 1 is 1.00 bits per heavy atom. The first-order valence-corrected chi connectivity index (χ1v) is 13.1. The molecule has 0 aromatic heterocycles. The lowest BCUT2D eigenvalue weighted by Gasteiger charge is -2.58. The molecule has 6 rings (SSSR count). The van der Waals surface area contributed by atoms with Gasteiger partial charge in [-0.25, -0.2) is 0 Å². The van der Waals surface area contributed by atoms with Crippen LogP contribution in [-0.2, 0) is 24.4 Å². The van der Waals surface area contributed by atoms with Crippen LogP contribution >= 0.6 is 0 Å². The highest BCUT2D eigenvalue weighted by Gasteiger charge is 2.56. The smallest absolute Gasteiger partial charge is 0.392 e. The van der Waals surface area contributed by atoms with Crippen molar-refractivity contribution in [1.82, 2.24) is 0 Å². The molecule has 6 bridgehead atoms. The largest absolute Gasteiger partial charge is 0.459 e. The SMILES string of the molecule is O=C(OC(COCC(F)(F)S(=O)(=O)O)C12CC3CC(CC(C3)C1)C2)C1CC2CCC1C2. The van der Waals surface area contributed by atoms with Crippen LogP contribution in [0, 0.1) is 40.9 Å². The van der Waals surface area contributed by atoms with Crippen molar-refractivity contribution in [3.63, 3.8) is 0 Å². The Bertz CT molecular complexity index is 793. The third-order valence-corrected chi connectivity index (χ3v) is 9.86. The minimum atomic E-state index is -5.55. The van der Waals surface area contributed by atoms with Gasteiger partial charge < -0.3 is 9.47 Å².